The quantitative estimate of drug-likeness (QED) is 0.579. The predicted molar refractivity (Wildman–Crippen MR) is 30.1 cm³/mol. The summed E-state index contributed by atoms with van der Waals surface area (Å²) in [7, 11) is 0. The van der Waals surface area contributed by atoms with Crippen molar-refractivity contribution in [1.82, 2.24) is 0 Å². The van der Waals surface area contributed by atoms with Crippen molar-refractivity contribution in [2.45, 2.75) is 18.7 Å². The maximum atomic E-state index is 12.0. The smallest absolute Gasteiger partial charge is 0.392 e. The molecule has 1 aliphatic heterocycles. The summed E-state index contributed by atoms with van der Waals surface area (Å²) in [6.07, 6.45) is -4.71. The molecule has 1 heterocycles. The Labute approximate surface area is 60.4 Å². The van der Waals surface area contributed by atoms with Crippen molar-refractivity contribution in [3.8, 4) is 0 Å². The minimum absolute atomic E-state index is 0.454. The topological polar surface area (TPSA) is 41.8 Å². The minimum atomic E-state index is -4.71. The lowest BCUT2D eigenvalue weighted by Gasteiger charge is -2.22. The van der Waals surface area contributed by atoms with E-state index < -0.39 is 24.1 Å². The van der Waals surface area contributed by atoms with E-state index in [0.717, 1.165) is 6.92 Å². The molecule has 1 rings (SSSR count). The molecule has 0 unspecified atom stereocenters. The molecular weight excluding hydrogens is 163 g/mol. The summed E-state index contributed by atoms with van der Waals surface area (Å²) in [5.41, 5.74) is -3.34. The van der Waals surface area contributed by atoms with Crippen molar-refractivity contribution in [3.05, 3.63) is 0 Å². The Hall–Kier alpha value is -0.780. The standard InChI is InChI=1S/C5H6F3NO2/c1-3-4(10,2-11-9-3)5(6,7)8/h10H,2H2,1H3/t4-/m0/s1. The second kappa shape index (κ2) is 2.10. The average Bonchev–Trinajstić information content (AvgIpc) is 2.12. The second-order valence-corrected chi connectivity index (χ2v) is 2.31. The molecule has 0 amide bonds. The van der Waals surface area contributed by atoms with Crippen molar-refractivity contribution in [3.63, 3.8) is 0 Å². The van der Waals surface area contributed by atoms with E-state index in [1.165, 1.54) is 0 Å². The molecule has 0 aromatic rings. The summed E-state index contributed by atoms with van der Waals surface area (Å²) >= 11 is 0. The van der Waals surface area contributed by atoms with Gasteiger partial charge in [-0.2, -0.15) is 13.2 Å². The fraction of sp³-hybridized carbons (Fsp3) is 0.800. The Morgan fingerprint density at radius 3 is 2.36 bits per heavy atom. The first-order valence-electron chi connectivity index (χ1n) is 2.84. The van der Waals surface area contributed by atoms with E-state index in [0.29, 0.717) is 0 Å². The van der Waals surface area contributed by atoms with Gasteiger partial charge in [-0.25, -0.2) is 0 Å². The first kappa shape index (κ1) is 8.32. The normalized spacial score (nSPS) is 31.5. The van der Waals surface area contributed by atoms with Crippen LogP contribution in [0.25, 0.3) is 0 Å². The number of hydrogen-bond acceptors (Lipinski definition) is 3. The second-order valence-electron chi connectivity index (χ2n) is 2.31. The van der Waals surface area contributed by atoms with Gasteiger partial charge in [0, 0.05) is 0 Å². The van der Waals surface area contributed by atoms with Gasteiger partial charge in [0.25, 0.3) is 0 Å². The third-order valence-corrected chi connectivity index (χ3v) is 1.54. The van der Waals surface area contributed by atoms with Crippen LogP contribution in [0, 0.1) is 0 Å². The maximum absolute atomic E-state index is 12.0. The molecule has 0 spiro atoms. The predicted octanol–water partition coefficient (Wildman–Crippen LogP) is 0.686. The van der Waals surface area contributed by atoms with Gasteiger partial charge in [-0.05, 0) is 6.92 Å². The molecule has 0 bridgehead atoms. The van der Waals surface area contributed by atoms with Crippen LogP contribution < -0.4 is 0 Å². The van der Waals surface area contributed by atoms with E-state index in [2.05, 4.69) is 9.99 Å². The van der Waals surface area contributed by atoms with E-state index in [-0.39, 0.29) is 0 Å². The lowest BCUT2D eigenvalue weighted by molar-refractivity contribution is -0.237. The highest BCUT2D eigenvalue weighted by Crippen LogP contribution is 2.34. The number of nitrogens with zero attached hydrogens (tertiary/aromatic N) is 1. The molecule has 6 heteroatoms. The van der Waals surface area contributed by atoms with Gasteiger partial charge in [0.15, 0.2) is 6.61 Å². The van der Waals surface area contributed by atoms with E-state index in [1.807, 2.05) is 0 Å². The number of rotatable bonds is 0. The molecule has 3 nitrogen and oxygen atoms in total. The van der Waals surface area contributed by atoms with Gasteiger partial charge in [-0.15, -0.1) is 0 Å². The number of alkyl halides is 3. The molecule has 1 atom stereocenters. The summed E-state index contributed by atoms with van der Waals surface area (Å²) in [5.74, 6) is 0. The van der Waals surface area contributed by atoms with Crippen LogP contribution in [0.3, 0.4) is 0 Å². The number of oxime groups is 1. The van der Waals surface area contributed by atoms with Crippen LogP contribution in [-0.2, 0) is 4.84 Å². The highest BCUT2D eigenvalue weighted by atomic mass is 19.4. The van der Waals surface area contributed by atoms with Gasteiger partial charge in [-0.3, -0.25) is 0 Å². The van der Waals surface area contributed by atoms with E-state index in [4.69, 9.17) is 5.11 Å². The van der Waals surface area contributed by atoms with Crippen molar-refractivity contribution in [1.29, 1.82) is 0 Å². The molecular formula is C5H6F3NO2. The molecule has 0 fully saturated rings. The highest BCUT2D eigenvalue weighted by Gasteiger charge is 2.59. The minimum Gasteiger partial charge on any atom is -0.392 e. The Bertz CT molecular complexity index is 200. The fourth-order valence-corrected chi connectivity index (χ4v) is 0.689. The first-order chi connectivity index (χ1) is 4.88. The Morgan fingerprint density at radius 1 is 1.64 bits per heavy atom. The van der Waals surface area contributed by atoms with Crippen LogP contribution in [0.5, 0.6) is 0 Å². The largest absolute Gasteiger partial charge is 0.426 e. The molecule has 1 N–H and O–H groups in total. The summed E-state index contributed by atoms with van der Waals surface area (Å²) in [4.78, 5) is 4.12. The van der Waals surface area contributed by atoms with Crippen LogP contribution in [0.4, 0.5) is 13.2 Å². The van der Waals surface area contributed by atoms with Gasteiger partial charge in [0.2, 0.25) is 5.60 Å². The van der Waals surface area contributed by atoms with Gasteiger partial charge in [0.05, 0.1) is 5.71 Å². The van der Waals surface area contributed by atoms with Gasteiger partial charge >= 0.3 is 6.18 Å². The Kier molecular flexibility index (Phi) is 1.59. The van der Waals surface area contributed by atoms with Crippen LogP contribution in [0.15, 0.2) is 5.16 Å². The number of hydrogen-bond donors (Lipinski definition) is 1. The monoisotopic (exact) mass is 169 g/mol. The van der Waals surface area contributed by atoms with E-state index in [9.17, 15) is 13.2 Å². The van der Waals surface area contributed by atoms with Gasteiger partial charge < -0.3 is 9.94 Å². The van der Waals surface area contributed by atoms with Crippen molar-refractivity contribution >= 4 is 5.71 Å². The SMILES string of the molecule is CC1=NOC[C@@]1(O)C(F)(F)F. The van der Waals surface area contributed by atoms with E-state index >= 15 is 0 Å². The summed E-state index contributed by atoms with van der Waals surface area (Å²) in [6.45, 7) is 0.225. The first-order valence-corrected chi connectivity index (χ1v) is 2.84. The maximum Gasteiger partial charge on any atom is 0.426 e. The Balaban J connectivity index is 2.92. The lowest BCUT2D eigenvalue weighted by Crippen LogP contribution is -2.51. The summed E-state index contributed by atoms with van der Waals surface area (Å²) < 4.78 is 36.0. The molecule has 0 aliphatic carbocycles. The summed E-state index contributed by atoms with van der Waals surface area (Å²) in [5, 5.41) is 11.9. The zero-order valence-electron chi connectivity index (χ0n) is 5.64. The van der Waals surface area contributed by atoms with Gasteiger partial charge in [-0.1, -0.05) is 5.16 Å². The molecule has 0 saturated carbocycles. The van der Waals surface area contributed by atoms with Crippen molar-refractivity contribution in [2.75, 3.05) is 6.61 Å². The van der Waals surface area contributed by atoms with Crippen LogP contribution in [0.1, 0.15) is 6.92 Å². The average molecular weight is 169 g/mol. The molecule has 0 aromatic heterocycles. The molecule has 0 radical (unpaired) electrons. The van der Waals surface area contributed by atoms with Gasteiger partial charge in [0.1, 0.15) is 0 Å². The zero-order valence-corrected chi connectivity index (χ0v) is 5.64. The third-order valence-electron chi connectivity index (χ3n) is 1.54. The highest BCUT2D eigenvalue weighted by molar-refractivity contribution is 5.91. The van der Waals surface area contributed by atoms with Crippen LogP contribution >= 0.6 is 0 Å². The molecule has 11 heavy (non-hydrogen) atoms. The molecule has 0 saturated heterocycles. The fourth-order valence-electron chi connectivity index (χ4n) is 0.689. The molecule has 64 valence electrons. The van der Waals surface area contributed by atoms with Crippen molar-refractivity contribution < 1.29 is 23.1 Å². The number of halogens is 3. The third kappa shape index (κ3) is 1.07. The number of aliphatic hydroxyl groups is 1. The van der Waals surface area contributed by atoms with Crippen LogP contribution in [-0.4, -0.2) is 29.2 Å². The lowest BCUT2D eigenvalue weighted by atomic mass is 10.0. The van der Waals surface area contributed by atoms with E-state index in [1.54, 1.807) is 0 Å². The van der Waals surface area contributed by atoms with Crippen LogP contribution in [0.2, 0.25) is 0 Å². The Morgan fingerprint density at radius 2 is 2.18 bits per heavy atom. The molecule has 0 aromatic carbocycles. The van der Waals surface area contributed by atoms with Crippen molar-refractivity contribution in [2.24, 2.45) is 5.16 Å². The molecule has 1 aliphatic rings. The zero-order chi connectivity index (χ0) is 8.70. The summed E-state index contributed by atoms with van der Waals surface area (Å²) in [6, 6.07) is 0.